The fourth-order valence-electron chi connectivity index (χ4n) is 4.28. The molecule has 0 fully saturated rings. The van der Waals surface area contributed by atoms with Gasteiger partial charge in [0.2, 0.25) is 0 Å². The maximum Gasteiger partial charge on any atom is 2.00 e. The summed E-state index contributed by atoms with van der Waals surface area (Å²) in [6.07, 6.45) is 3.52. The molecule has 0 heterocycles. The van der Waals surface area contributed by atoms with Crippen LogP contribution in [0.15, 0.2) is 121 Å². The van der Waals surface area contributed by atoms with Crippen molar-refractivity contribution in [3.05, 3.63) is 144 Å². The average Bonchev–Trinajstić information content (AvgIpc) is 3.42. The van der Waals surface area contributed by atoms with E-state index in [1.54, 1.807) is 0 Å². The monoisotopic (exact) mass is 486 g/mol. The third-order valence-electron chi connectivity index (χ3n) is 5.94. The van der Waals surface area contributed by atoms with Gasteiger partial charge in [-0.3, -0.25) is 0 Å². The molecule has 0 nitrogen and oxygen atoms in total. The van der Waals surface area contributed by atoms with Gasteiger partial charge in [-0.2, -0.15) is 0 Å². The topological polar surface area (TPSA) is 0 Å². The van der Waals surface area contributed by atoms with E-state index in [4.69, 9.17) is 0 Å². The molecule has 0 N–H and O–H groups in total. The fraction of sp³-hybridized carbons (Fsp3) is 0.0645. The van der Waals surface area contributed by atoms with E-state index in [1.165, 1.54) is 44.2 Å². The maximum absolute atomic E-state index is 3.52. The van der Waals surface area contributed by atoms with E-state index in [9.17, 15) is 0 Å². The van der Waals surface area contributed by atoms with Gasteiger partial charge in [0.25, 0.3) is 0 Å². The number of fused-ring (bicyclic) bond motifs is 2. The number of hydrogen-bond acceptors (Lipinski definition) is 0. The largest absolute Gasteiger partial charge is 2.00 e. The van der Waals surface area contributed by atoms with Crippen LogP contribution in [0.4, 0.5) is 0 Å². The molecule has 0 radical (unpaired) electrons. The molecule has 1 heteroatoms. The molecular weight excluding hydrogens is 464 g/mol. The zero-order valence-corrected chi connectivity index (χ0v) is 20.6. The van der Waals surface area contributed by atoms with E-state index in [0.717, 1.165) is 0 Å². The van der Waals surface area contributed by atoms with Gasteiger partial charge in [-0.05, 0) is 5.92 Å². The Morgan fingerprint density at radius 3 is 1.94 bits per heavy atom. The van der Waals surface area contributed by atoms with E-state index in [0.29, 0.717) is 5.92 Å². The number of benzene rings is 4. The zero-order valence-electron chi connectivity index (χ0n) is 18.1. The Balaban J connectivity index is 0.000000149. The van der Waals surface area contributed by atoms with Crippen LogP contribution >= 0.6 is 0 Å². The molecule has 0 saturated carbocycles. The van der Waals surface area contributed by atoms with E-state index >= 15 is 0 Å². The van der Waals surface area contributed by atoms with Crippen LogP contribution in [-0.2, 0) is 26.2 Å². The van der Waals surface area contributed by atoms with E-state index in [2.05, 4.69) is 128 Å². The molecule has 0 aliphatic heterocycles. The van der Waals surface area contributed by atoms with Crippen molar-refractivity contribution in [2.24, 2.45) is 0 Å². The molecular formula is C31H24Zr. The first-order valence-electron chi connectivity index (χ1n) is 10.8. The Morgan fingerprint density at radius 2 is 1.25 bits per heavy atom. The molecule has 1 unspecified atom stereocenters. The first-order valence-corrected chi connectivity index (χ1v) is 10.8. The van der Waals surface area contributed by atoms with Crippen LogP contribution in [0, 0.1) is 6.08 Å². The molecule has 6 rings (SSSR count). The van der Waals surface area contributed by atoms with Gasteiger partial charge >= 0.3 is 26.2 Å². The molecule has 5 aromatic rings. The van der Waals surface area contributed by atoms with Crippen molar-refractivity contribution < 1.29 is 26.2 Å². The summed E-state index contributed by atoms with van der Waals surface area (Å²) in [5.74, 6) is 0.457. The van der Waals surface area contributed by atoms with Crippen molar-refractivity contribution in [1.82, 2.24) is 0 Å². The molecule has 0 bridgehead atoms. The second-order valence-corrected chi connectivity index (χ2v) is 7.95. The van der Waals surface area contributed by atoms with Crippen LogP contribution in [0.3, 0.4) is 0 Å². The van der Waals surface area contributed by atoms with Gasteiger partial charge in [0.15, 0.2) is 0 Å². The van der Waals surface area contributed by atoms with Gasteiger partial charge in [0.05, 0.1) is 0 Å². The molecule has 1 aliphatic rings. The molecule has 152 valence electrons. The minimum atomic E-state index is 0. The molecule has 5 aromatic carbocycles. The van der Waals surface area contributed by atoms with Crippen molar-refractivity contribution in [3.63, 3.8) is 0 Å². The Labute approximate surface area is 209 Å². The molecule has 0 saturated heterocycles. The summed E-state index contributed by atoms with van der Waals surface area (Å²) in [6.45, 7) is 2.25. The normalized spacial score (nSPS) is 14.0. The van der Waals surface area contributed by atoms with Gasteiger partial charge in [0, 0.05) is 0 Å². The van der Waals surface area contributed by atoms with Crippen molar-refractivity contribution in [1.29, 1.82) is 0 Å². The summed E-state index contributed by atoms with van der Waals surface area (Å²) < 4.78 is 0. The summed E-state index contributed by atoms with van der Waals surface area (Å²) in [5, 5.41) is 2.63. The van der Waals surface area contributed by atoms with Crippen LogP contribution in [-0.4, -0.2) is 0 Å². The summed E-state index contributed by atoms with van der Waals surface area (Å²) in [7, 11) is 0. The molecule has 0 spiro atoms. The van der Waals surface area contributed by atoms with Crippen LogP contribution in [0.5, 0.6) is 0 Å². The Bertz CT molecular complexity index is 1290. The Hall–Kier alpha value is -2.89. The SMILES string of the molecule is CC1C(c2ccccc2)=[C-]c2ccccc21.[Zr+2].c1ccc(-c2cc3ccccc3[cH-]2)cc1. The third-order valence-corrected chi connectivity index (χ3v) is 5.94. The minimum Gasteiger partial charge on any atom is -0.146 e. The molecule has 1 aliphatic carbocycles. The van der Waals surface area contributed by atoms with Crippen LogP contribution in [0.1, 0.15) is 29.5 Å². The van der Waals surface area contributed by atoms with Gasteiger partial charge in [-0.15, -0.1) is 75.5 Å². The number of rotatable bonds is 2. The maximum atomic E-state index is 3.52. The second kappa shape index (κ2) is 10.2. The summed E-state index contributed by atoms with van der Waals surface area (Å²) in [4.78, 5) is 0. The van der Waals surface area contributed by atoms with Gasteiger partial charge in [0.1, 0.15) is 0 Å². The number of hydrogen-bond donors (Lipinski definition) is 0. The predicted octanol–water partition coefficient (Wildman–Crippen LogP) is 8.26. The van der Waals surface area contributed by atoms with E-state index < -0.39 is 0 Å². The predicted molar refractivity (Wildman–Crippen MR) is 132 cm³/mol. The van der Waals surface area contributed by atoms with Gasteiger partial charge in [-0.1, -0.05) is 103 Å². The van der Waals surface area contributed by atoms with Crippen molar-refractivity contribution in [3.8, 4) is 11.1 Å². The zero-order chi connectivity index (χ0) is 21.0. The number of allylic oxidation sites excluding steroid dienone is 1. The summed E-state index contributed by atoms with van der Waals surface area (Å²) in [5.41, 5.74) is 7.81. The van der Waals surface area contributed by atoms with Crippen LogP contribution in [0.25, 0.3) is 27.5 Å². The third kappa shape index (κ3) is 4.64. The summed E-state index contributed by atoms with van der Waals surface area (Å²) in [6, 6.07) is 42.5. The minimum absolute atomic E-state index is 0. The van der Waals surface area contributed by atoms with Gasteiger partial charge in [-0.25, -0.2) is 0 Å². The molecule has 32 heavy (non-hydrogen) atoms. The average molecular weight is 488 g/mol. The Kier molecular flexibility index (Phi) is 7.08. The van der Waals surface area contributed by atoms with E-state index in [-0.39, 0.29) is 26.2 Å². The van der Waals surface area contributed by atoms with Gasteiger partial charge < -0.3 is 0 Å². The summed E-state index contributed by atoms with van der Waals surface area (Å²) >= 11 is 0. The molecule has 0 aromatic heterocycles. The first-order chi connectivity index (χ1) is 15.3. The van der Waals surface area contributed by atoms with Crippen molar-refractivity contribution >= 4 is 16.3 Å². The first kappa shape index (κ1) is 22.3. The fourth-order valence-corrected chi connectivity index (χ4v) is 4.28. The molecule has 1 atom stereocenters. The van der Waals surface area contributed by atoms with Crippen molar-refractivity contribution in [2.45, 2.75) is 12.8 Å². The Morgan fingerprint density at radius 1 is 0.656 bits per heavy atom. The smallest absolute Gasteiger partial charge is 0.146 e. The van der Waals surface area contributed by atoms with Crippen LogP contribution < -0.4 is 0 Å². The quantitative estimate of drug-likeness (QED) is 0.220. The standard InChI is InChI=1S/C16H13.C15H11.Zr/c1-12-15-10-6-5-9-14(15)11-16(12)13-7-3-2-4-8-13;1-2-6-12(7-3-1)15-10-13-8-4-5-9-14(13)11-15;/h2-10,12H,1H3;1-11H;/q2*-1;+2. The van der Waals surface area contributed by atoms with Crippen LogP contribution in [0.2, 0.25) is 0 Å². The van der Waals surface area contributed by atoms with Crippen molar-refractivity contribution in [2.75, 3.05) is 0 Å². The molecule has 0 amide bonds. The second-order valence-electron chi connectivity index (χ2n) is 7.95. The van der Waals surface area contributed by atoms with E-state index in [1.807, 2.05) is 6.07 Å².